The second-order valence-electron chi connectivity index (χ2n) is 8.58. The zero-order chi connectivity index (χ0) is 21.8. The molecule has 1 aromatic carbocycles. The van der Waals surface area contributed by atoms with Gasteiger partial charge in [0.15, 0.2) is 0 Å². The van der Waals surface area contributed by atoms with Crippen LogP contribution in [-0.4, -0.2) is 66.5 Å². The van der Waals surface area contributed by atoms with Crippen molar-refractivity contribution in [3.63, 3.8) is 0 Å². The van der Waals surface area contributed by atoms with Crippen LogP contribution < -0.4 is 10.1 Å². The van der Waals surface area contributed by atoms with Gasteiger partial charge in [-0.25, -0.2) is 9.97 Å². The zero-order valence-electron chi connectivity index (χ0n) is 18.9. The minimum Gasteiger partial charge on any atom is -0.496 e. The summed E-state index contributed by atoms with van der Waals surface area (Å²) in [5, 5.41) is 3.26. The summed E-state index contributed by atoms with van der Waals surface area (Å²) in [6, 6.07) is 7.90. The number of fused-ring (bicyclic) bond motifs is 1. The molecule has 0 aliphatic carbocycles. The van der Waals surface area contributed by atoms with Crippen LogP contribution in [0.25, 0.3) is 0 Å². The van der Waals surface area contributed by atoms with Gasteiger partial charge < -0.3 is 19.9 Å². The minimum atomic E-state index is 0.164. The summed E-state index contributed by atoms with van der Waals surface area (Å²) in [5.74, 6) is 3.21. The Morgan fingerprint density at radius 2 is 2.10 bits per heavy atom. The standard InChI is InChI=1S/C24H33N5O2/c1-25-24-19-16-29(22(30)11-10-17-7-4-5-9-21(17)31-3)14-12-20(19)26-23(27-24)18-8-6-13-28(2)15-18/h4-5,7,9,18H,6,8,10-16H2,1-3H3,(H,25,26,27)/t18-/m1/s1. The van der Waals surface area contributed by atoms with Gasteiger partial charge in [-0.15, -0.1) is 0 Å². The van der Waals surface area contributed by atoms with Crippen molar-refractivity contribution >= 4 is 11.7 Å². The Morgan fingerprint density at radius 1 is 1.26 bits per heavy atom. The summed E-state index contributed by atoms with van der Waals surface area (Å²) in [4.78, 5) is 27.1. The molecule has 1 aromatic heterocycles. The van der Waals surface area contributed by atoms with Crippen LogP contribution in [0.3, 0.4) is 0 Å². The number of ether oxygens (including phenoxy) is 1. The highest BCUT2D eigenvalue weighted by Crippen LogP contribution is 2.30. The topological polar surface area (TPSA) is 70.6 Å². The predicted octanol–water partition coefficient (Wildman–Crippen LogP) is 2.85. The number of anilines is 1. The first-order valence-corrected chi connectivity index (χ1v) is 11.2. The smallest absolute Gasteiger partial charge is 0.223 e. The predicted molar refractivity (Wildman–Crippen MR) is 121 cm³/mol. The van der Waals surface area contributed by atoms with Gasteiger partial charge in [0.2, 0.25) is 5.91 Å². The number of benzene rings is 1. The molecular formula is C24H33N5O2. The number of carbonyl (C=O) groups is 1. The number of para-hydroxylation sites is 1. The zero-order valence-corrected chi connectivity index (χ0v) is 18.9. The van der Waals surface area contributed by atoms with E-state index in [9.17, 15) is 4.79 Å². The number of hydrogen-bond acceptors (Lipinski definition) is 6. The van der Waals surface area contributed by atoms with Crippen LogP contribution in [0.1, 0.15) is 47.8 Å². The lowest BCUT2D eigenvalue weighted by atomic mass is 9.96. The SMILES string of the molecule is CNc1nc([C@@H]2CCCN(C)C2)nc2c1CN(C(=O)CCc1ccccc1OC)CC2. The maximum absolute atomic E-state index is 12.9. The molecule has 7 nitrogen and oxygen atoms in total. The molecule has 1 saturated heterocycles. The minimum absolute atomic E-state index is 0.164. The summed E-state index contributed by atoms with van der Waals surface area (Å²) in [6.07, 6.45) is 4.25. The number of nitrogens with one attached hydrogen (secondary N) is 1. The third-order valence-corrected chi connectivity index (χ3v) is 6.46. The molecule has 0 bridgehead atoms. The molecule has 1 amide bonds. The second-order valence-corrected chi connectivity index (χ2v) is 8.58. The fraction of sp³-hybridized carbons (Fsp3) is 0.542. The summed E-state index contributed by atoms with van der Waals surface area (Å²) >= 11 is 0. The molecule has 1 atom stereocenters. The van der Waals surface area contributed by atoms with Gasteiger partial charge in [0.1, 0.15) is 17.4 Å². The first-order valence-electron chi connectivity index (χ1n) is 11.2. The number of hydrogen-bond donors (Lipinski definition) is 1. The van der Waals surface area contributed by atoms with E-state index in [1.807, 2.05) is 36.2 Å². The van der Waals surface area contributed by atoms with E-state index in [4.69, 9.17) is 14.7 Å². The monoisotopic (exact) mass is 423 g/mol. The maximum atomic E-state index is 12.9. The van der Waals surface area contributed by atoms with Gasteiger partial charge in [-0.05, 0) is 44.5 Å². The highest BCUT2D eigenvalue weighted by Gasteiger charge is 2.28. The normalized spacial score (nSPS) is 19.1. The van der Waals surface area contributed by atoms with Crippen LogP contribution in [-0.2, 0) is 24.2 Å². The van der Waals surface area contributed by atoms with Crippen LogP contribution >= 0.6 is 0 Å². The van der Waals surface area contributed by atoms with Gasteiger partial charge in [0.05, 0.1) is 19.3 Å². The van der Waals surface area contributed by atoms with E-state index in [0.717, 1.165) is 60.1 Å². The van der Waals surface area contributed by atoms with Crippen LogP contribution in [0.5, 0.6) is 5.75 Å². The number of aromatic nitrogens is 2. The Morgan fingerprint density at radius 3 is 2.87 bits per heavy atom. The first-order chi connectivity index (χ1) is 15.1. The number of amides is 1. The molecular weight excluding hydrogens is 390 g/mol. The molecule has 166 valence electrons. The van der Waals surface area contributed by atoms with Crippen molar-refractivity contribution < 1.29 is 9.53 Å². The molecule has 3 heterocycles. The average molecular weight is 424 g/mol. The fourth-order valence-electron chi connectivity index (χ4n) is 4.72. The molecule has 0 saturated carbocycles. The van der Waals surface area contributed by atoms with E-state index in [1.165, 1.54) is 6.42 Å². The van der Waals surface area contributed by atoms with Crippen LogP contribution in [0.15, 0.2) is 24.3 Å². The molecule has 2 aromatic rings. The van der Waals surface area contributed by atoms with Crippen molar-refractivity contribution in [3.8, 4) is 5.75 Å². The lowest BCUT2D eigenvalue weighted by Gasteiger charge is -2.32. The number of likely N-dealkylation sites (N-methyl/N-ethyl adjacent to an activating group) is 1. The highest BCUT2D eigenvalue weighted by molar-refractivity contribution is 5.77. The third-order valence-electron chi connectivity index (χ3n) is 6.46. The summed E-state index contributed by atoms with van der Waals surface area (Å²) < 4.78 is 5.41. The Labute approximate surface area is 184 Å². The number of piperidine rings is 1. The molecule has 1 fully saturated rings. The molecule has 0 unspecified atom stereocenters. The Balaban J connectivity index is 1.45. The van der Waals surface area contributed by atoms with Crippen molar-refractivity contribution in [2.75, 3.05) is 46.2 Å². The number of methoxy groups -OCH3 is 1. The molecule has 2 aliphatic rings. The van der Waals surface area contributed by atoms with Crippen molar-refractivity contribution in [3.05, 3.63) is 46.9 Å². The average Bonchev–Trinajstić information content (AvgIpc) is 2.81. The molecule has 0 spiro atoms. The van der Waals surface area contributed by atoms with E-state index in [-0.39, 0.29) is 5.91 Å². The third kappa shape index (κ3) is 4.82. The largest absolute Gasteiger partial charge is 0.496 e. The van der Waals surface area contributed by atoms with Gasteiger partial charge in [-0.3, -0.25) is 4.79 Å². The number of aryl methyl sites for hydroxylation is 1. The van der Waals surface area contributed by atoms with Gasteiger partial charge in [-0.1, -0.05) is 18.2 Å². The Hall–Kier alpha value is -2.67. The van der Waals surface area contributed by atoms with Gasteiger partial charge in [-0.2, -0.15) is 0 Å². The highest BCUT2D eigenvalue weighted by atomic mass is 16.5. The van der Waals surface area contributed by atoms with Crippen molar-refractivity contribution in [2.24, 2.45) is 0 Å². The molecule has 7 heteroatoms. The van der Waals surface area contributed by atoms with Crippen molar-refractivity contribution in [1.29, 1.82) is 0 Å². The van der Waals surface area contributed by atoms with Crippen molar-refractivity contribution in [2.45, 2.75) is 44.6 Å². The summed E-state index contributed by atoms with van der Waals surface area (Å²) in [7, 11) is 5.74. The van der Waals surface area contributed by atoms with Crippen LogP contribution in [0.2, 0.25) is 0 Å². The molecule has 4 rings (SSSR count). The number of rotatable bonds is 6. The number of likely N-dealkylation sites (tertiary alicyclic amines) is 1. The molecule has 2 aliphatic heterocycles. The van der Waals surface area contributed by atoms with E-state index in [1.54, 1.807) is 7.11 Å². The lowest BCUT2D eigenvalue weighted by Crippen LogP contribution is -2.38. The number of nitrogens with zero attached hydrogens (tertiary/aromatic N) is 4. The molecule has 31 heavy (non-hydrogen) atoms. The fourth-order valence-corrected chi connectivity index (χ4v) is 4.72. The Kier molecular flexibility index (Phi) is 6.70. The summed E-state index contributed by atoms with van der Waals surface area (Å²) in [6.45, 7) is 3.44. The second kappa shape index (κ2) is 9.64. The maximum Gasteiger partial charge on any atom is 0.223 e. The van der Waals surface area contributed by atoms with E-state index in [0.29, 0.717) is 31.8 Å². The first kappa shape index (κ1) is 21.6. The van der Waals surface area contributed by atoms with Gasteiger partial charge in [0, 0.05) is 44.5 Å². The van der Waals surface area contributed by atoms with E-state index >= 15 is 0 Å². The van der Waals surface area contributed by atoms with E-state index < -0.39 is 0 Å². The molecule has 0 radical (unpaired) electrons. The lowest BCUT2D eigenvalue weighted by molar-refractivity contribution is -0.132. The van der Waals surface area contributed by atoms with Crippen LogP contribution in [0.4, 0.5) is 5.82 Å². The van der Waals surface area contributed by atoms with Crippen molar-refractivity contribution in [1.82, 2.24) is 19.8 Å². The van der Waals surface area contributed by atoms with Crippen LogP contribution in [0, 0.1) is 0 Å². The number of carbonyl (C=O) groups excluding carboxylic acids is 1. The quantitative estimate of drug-likeness (QED) is 0.771. The van der Waals surface area contributed by atoms with Gasteiger partial charge >= 0.3 is 0 Å². The Bertz CT molecular complexity index is 915. The van der Waals surface area contributed by atoms with Gasteiger partial charge in [0.25, 0.3) is 0 Å². The van der Waals surface area contributed by atoms with E-state index in [2.05, 4.69) is 17.3 Å². The molecule has 1 N–H and O–H groups in total. The summed E-state index contributed by atoms with van der Waals surface area (Å²) in [5.41, 5.74) is 3.22.